The van der Waals surface area contributed by atoms with Crippen molar-refractivity contribution in [3.8, 4) is 0 Å². The highest BCUT2D eigenvalue weighted by Crippen LogP contribution is 2.02. The zero-order valence-electron chi connectivity index (χ0n) is 7.86. The Labute approximate surface area is 84.8 Å². The summed E-state index contributed by atoms with van der Waals surface area (Å²) in [7, 11) is 0. The molecule has 8 nitrogen and oxygen atoms in total. The van der Waals surface area contributed by atoms with E-state index >= 15 is 0 Å². The molecule has 15 heavy (non-hydrogen) atoms. The number of carbonyl (C=O) groups is 2. The molecule has 0 bridgehead atoms. The number of hydrogen-bond acceptors (Lipinski definition) is 5. The fraction of sp³-hybridized carbons (Fsp3) is 0.429. The lowest BCUT2D eigenvalue weighted by Gasteiger charge is -2.25. The first-order valence-corrected chi connectivity index (χ1v) is 4.40. The molecule has 0 aromatic carbocycles. The average molecular weight is 210 g/mol. The zero-order valence-corrected chi connectivity index (χ0v) is 7.86. The van der Waals surface area contributed by atoms with E-state index in [-0.39, 0.29) is 30.1 Å². The van der Waals surface area contributed by atoms with Crippen LogP contribution in [0.15, 0.2) is 0 Å². The number of nitrogens with two attached hydrogens (primary N) is 1. The van der Waals surface area contributed by atoms with Crippen LogP contribution in [0, 0.1) is 0 Å². The molecule has 2 rings (SSSR count). The van der Waals surface area contributed by atoms with Crippen LogP contribution in [0.4, 0.5) is 5.95 Å². The molecule has 1 saturated heterocycles. The summed E-state index contributed by atoms with van der Waals surface area (Å²) >= 11 is 0. The van der Waals surface area contributed by atoms with Gasteiger partial charge in [-0.1, -0.05) is 0 Å². The second-order valence-electron chi connectivity index (χ2n) is 3.12. The zero-order chi connectivity index (χ0) is 10.8. The minimum absolute atomic E-state index is 0.0137. The van der Waals surface area contributed by atoms with E-state index in [1.165, 1.54) is 4.90 Å². The SMILES string of the molecule is Nc1n[nH]c(C(=O)N2CCNC(=O)C2)n1. The highest BCUT2D eigenvalue weighted by Gasteiger charge is 2.24. The van der Waals surface area contributed by atoms with Crippen molar-refractivity contribution in [2.75, 3.05) is 25.4 Å². The van der Waals surface area contributed by atoms with Crippen molar-refractivity contribution in [3.63, 3.8) is 0 Å². The molecule has 0 aliphatic carbocycles. The molecule has 0 atom stereocenters. The van der Waals surface area contributed by atoms with E-state index in [0.717, 1.165) is 0 Å². The first kappa shape index (κ1) is 9.44. The third-order valence-corrected chi connectivity index (χ3v) is 2.03. The Morgan fingerprint density at radius 2 is 2.33 bits per heavy atom. The van der Waals surface area contributed by atoms with E-state index in [1.807, 2.05) is 0 Å². The van der Waals surface area contributed by atoms with Gasteiger partial charge in [-0.3, -0.25) is 14.7 Å². The fourth-order valence-corrected chi connectivity index (χ4v) is 1.33. The molecule has 80 valence electrons. The summed E-state index contributed by atoms with van der Waals surface area (Å²) < 4.78 is 0. The van der Waals surface area contributed by atoms with Gasteiger partial charge in [0.2, 0.25) is 17.7 Å². The van der Waals surface area contributed by atoms with Crippen molar-refractivity contribution in [1.82, 2.24) is 25.4 Å². The van der Waals surface area contributed by atoms with Gasteiger partial charge in [-0.25, -0.2) is 0 Å². The van der Waals surface area contributed by atoms with Gasteiger partial charge in [0.05, 0.1) is 0 Å². The van der Waals surface area contributed by atoms with Crippen molar-refractivity contribution in [2.24, 2.45) is 0 Å². The maximum absolute atomic E-state index is 11.7. The van der Waals surface area contributed by atoms with Crippen molar-refractivity contribution in [3.05, 3.63) is 5.82 Å². The second kappa shape index (κ2) is 3.56. The molecule has 1 aliphatic heterocycles. The first-order valence-electron chi connectivity index (χ1n) is 4.40. The maximum atomic E-state index is 11.7. The van der Waals surface area contributed by atoms with Crippen molar-refractivity contribution >= 4 is 17.8 Å². The molecule has 1 aromatic rings. The smallest absolute Gasteiger partial charge is 0.291 e. The van der Waals surface area contributed by atoms with E-state index in [9.17, 15) is 9.59 Å². The topological polar surface area (TPSA) is 117 Å². The third kappa shape index (κ3) is 1.87. The normalized spacial score (nSPS) is 16.3. The van der Waals surface area contributed by atoms with E-state index in [1.54, 1.807) is 0 Å². The van der Waals surface area contributed by atoms with Crippen molar-refractivity contribution in [1.29, 1.82) is 0 Å². The van der Waals surface area contributed by atoms with Gasteiger partial charge in [-0.2, -0.15) is 4.98 Å². The van der Waals surface area contributed by atoms with Gasteiger partial charge >= 0.3 is 0 Å². The molecule has 2 amide bonds. The Morgan fingerprint density at radius 1 is 1.53 bits per heavy atom. The van der Waals surface area contributed by atoms with Gasteiger partial charge in [0.1, 0.15) is 6.54 Å². The fourth-order valence-electron chi connectivity index (χ4n) is 1.33. The molecule has 0 spiro atoms. The van der Waals surface area contributed by atoms with Crippen LogP contribution >= 0.6 is 0 Å². The summed E-state index contributed by atoms with van der Waals surface area (Å²) in [5, 5.41) is 8.57. The lowest BCUT2D eigenvalue weighted by molar-refractivity contribution is -0.123. The Morgan fingerprint density at radius 3 is 2.93 bits per heavy atom. The number of nitrogen functional groups attached to an aromatic ring is 1. The van der Waals surface area contributed by atoms with Crippen LogP contribution in [0.3, 0.4) is 0 Å². The Bertz CT molecular complexity index is 400. The number of hydrogen-bond donors (Lipinski definition) is 3. The molecule has 1 aliphatic rings. The number of anilines is 1. The summed E-state index contributed by atoms with van der Waals surface area (Å²) in [5.74, 6) is -0.474. The van der Waals surface area contributed by atoms with Gasteiger partial charge in [-0.05, 0) is 0 Å². The molecule has 0 radical (unpaired) electrons. The van der Waals surface area contributed by atoms with Crippen LogP contribution in [0.25, 0.3) is 0 Å². The summed E-state index contributed by atoms with van der Waals surface area (Å²) in [4.78, 5) is 27.8. The number of carbonyl (C=O) groups excluding carboxylic acids is 2. The molecule has 0 unspecified atom stereocenters. The van der Waals surface area contributed by atoms with Gasteiger partial charge in [-0.15, -0.1) is 5.10 Å². The summed E-state index contributed by atoms with van der Waals surface area (Å²) in [6, 6.07) is 0. The highest BCUT2D eigenvalue weighted by molar-refractivity contribution is 5.94. The van der Waals surface area contributed by atoms with E-state index < -0.39 is 0 Å². The predicted octanol–water partition coefficient (Wildman–Crippen LogP) is -2.04. The van der Waals surface area contributed by atoms with Crippen LogP contribution in [0.1, 0.15) is 10.6 Å². The van der Waals surface area contributed by atoms with Crippen molar-refractivity contribution < 1.29 is 9.59 Å². The van der Waals surface area contributed by atoms with Gasteiger partial charge in [0.15, 0.2) is 0 Å². The molecular formula is C7H10N6O2. The van der Waals surface area contributed by atoms with Crippen LogP contribution < -0.4 is 11.1 Å². The molecular weight excluding hydrogens is 200 g/mol. The minimum atomic E-state index is -0.367. The van der Waals surface area contributed by atoms with E-state index in [4.69, 9.17) is 5.73 Å². The number of H-pyrrole nitrogens is 1. The quantitative estimate of drug-likeness (QED) is 0.493. The Balaban J connectivity index is 2.10. The van der Waals surface area contributed by atoms with Gasteiger partial charge in [0, 0.05) is 13.1 Å². The Kier molecular flexibility index (Phi) is 2.24. The lowest BCUT2D eigenvalue weighted by atomic mass is 10.3. The molecule has 1 aromatic heterocycles. The number of piperazine rings is 1. The maximum Gasteiger partial charge on any atom is 0.291 e. The number of amides is 2. The minimum Gasteiger partial charge on any atom is -0.366 e. The first-order chi connectivity index (χ1) is 7.16. The average Bonchev–Trinajstić information content (AvgIpc) is 2.64. The van der Waals surface area contributed by atoms with Crippen LogP contribution in [-0.4, -0.2) is 51.5 Å². The predicted molar refractivity (Wildman–Crippen MR) is 49.7 cm³/mol. The number of aromatic amines is 1. The molecule has 1 fully saturated rings. The standard InChI is InChI=1S/C7H10N6O2/c8-7-10-5(11-12-7)6(15)13-2-1-9-4(14)3-13/h1-3H2,(H,9,14)(H3,8,10,11,12). The molecule has 2 heterocycles. The number of rotatable bonds is 1. The van der Waals surface area contributed by atoms with Crippen molar-refractivity contribution in [2.45, 2.75) is 0 Å². The van der Waals surface area contributed by atoms with Gasteiger partial charge < -0.3 is 16.0 Å². The van der Waals surface area contributed by atoms with E-state index in [2.05, 4.69) is 20.5 Å². The monoisotopic (exact) mass is 210 g/mol. The summed E-state index contributed by atoms with van der Waals surface area (Å²) in [6.45, 7) is 0.957. The number of aromatic nitrogens is 3. The summed E-state index contributed by atoms with van der Waals surface area (Å²) in [5.41, 5.74) is 5.27. The second-order valence-corrected chi connectivity index (χ2v) is 3.12. The number of nitrogens with one attached hydrogen (secondary N) is 2. The van der Waals surface area contributed by atoms with E-state index in [0.29, 0.717) is 13.1 Å². The summed E-state index contributed by atoms with van der Waals surface area (Å²) in [6.07, 6.45) is 0. The molecule has 8 heteroatoms. The largest absolute Gasteiger partial charge is 0.366 e. The Hall–Kier alpha value is -2.12. The molecule has 4 N–H and O–H groups in total. The molecule has 0 saturated carbocycles. The highest BCUT2D eigenvalue weighted by atomic mass is 16.2. The van der Waals surface area contributed by atoms with Gasteiger partial charge in [0.25, 0.3) is 5.91 Å². The number of nitrogens with zero attached hydrogens (tertiary/aromatic N) is 3. The van der Waals surface area contributed by atoms with Crippen LogP contribution in [-0.2, 0) is 4.79 Å². The third-order valence-electron chi connectivity index (χ3n) is 2.03. The lowest BCUT2D eigenvalue weighted by Crippen LogP contribution is -2.50. The van der Waals surface area contributed by atoms with Crippen LogP contribution in [0.5, 0.6) is 0 Å². The van der Waals surface area contributed by atoms with Crippen LogP contribution in [0.2, 0.25) is 0 Å².